The number of fused-ring (bicyclic) bond motifs is 1. The zero-order valence-corrected chi connectivity index (χ0v) is 9.69. The number of hydrogen-bond acceptors (Lipinski definition) is 4. The Bertz CT molecular complexity index is 410. The third kappa shape index (κ3) is 2.67. The summed E-state index contributed by atoms with van der Waals surface area (Å²) in [7, 11) is 2.11. The molecule has 0 saturated heterocycles. The van der Waals surface area contributed by atoms with Gasteiger partial charge in [-0.15, -0.1) is 0 Å². The van der Waals surface area contributed by atoms with Crippen molar-refractivity contribution in [3.05, 3.63) is 29.8 Å². The summed E-state index contributed by atoms with van der Waals surface area (Å²) in [5.74, 6) is 0.605. The van der Waals surface area contributed by atoms with Crippen LogP contribution in [-0.2, 0) is 20.4 Å². The highest BCUT2D eigenvalue weighted by molar-refractivity contribution is 7.54. The van der Waals surface area contributed by atoms with Crippen molar-refractivity contribution in [2.45, 2.75) is 12.9 Å². The van der Waals surface area contributed by atoms with Gasteiger partial charge in [-0.05, 0) is 6.07 Å². The maximum Gasteiger partial charge on any atom is 0.405 e. The lowest BCUT2D eigenvalue weighted by Gasteiger charge is -2.25. The molecule has 0 saturated carbocycles. The van der Waals surface area contributed by atoms with Gasteiger partial charge in [-0.25, -0.2) is 4.57 Å². The predicted octanol–water partition coefficient (Wildman–Crippen LogP) is 2.35. The lowest BCUT2D eigenvalue weighted by molar-refractivity contribution is 0.148. The van der Waals surface area contributed by atoms with Crippen molar-refractivity contribution in [3.8, 4) is 5.75 Å². The minimum atomic E-state index is -3.15. The Kier molecular flexibility index (Phi) is 3.69. The lowest BCUT2D eigenvalue weighted by Crippen LogP contribution is -2.11. The van der Waals surface area contributed by atoms with E-state index in [2.05, 4.69) is 0 Å². The van der Waals surface area contributed by atoms with Crippen LogP contribution in [0.2, 0.25) is 6.32 Å². The highest BCUT2D eigenvalue weighted by Gasteiger charge is 2.31. The molecule has 4 nitrogen and oxygen atoms in total. The van der Waals surface area contributed by atoms with Gasteiger partial charge in [0.2, 0.25) is 0 Å². The SMILES string of the molecule is [B]CCOCP1(=O)OCc2ccccc2O1. The first-order valence-electron chi connectivity index (χ1n) is 5.02. The molecule has 1 unspecified atom stereocenters. The first-order chi connectivity index (χ1) is 7.73. The smallest absolute Gasteiger partial charge is 0.405 e. The molecule has 6 heteroatoms. The molecule has 1 atom stereocenters. The fourth-order valence-electron chi connectivity index (χ4n) is 1.38. The minimum absolute atomic E-state index is 0.0570. The van der Waals surface area contributed by atoms with E-state index >= 15 is 0 Å². The van der Waals surface area contributed by atoms with Crippen molar-refractivity contribution in [2.24, 2.45) is 0 Å². The molecule has 0 fully saturated rings. The largest absolute Gasteiger partial charge is 0.422 e. The quantitative estimate of drug-likeness (QED) is 0.458. The molecule has 1 aliphatic heterocycles. The van der Waals surface area contributed by atoms with Gasteiger partial charge >= 0.3 is 7.60 Å². The molecule has 0 aliphatic carbocycles. The van der Waals surface area contributed by atoms with Gasteiger partial charge in [-0.2, -0.15) is 0 Å². The van der Waals surface area contributed by atoms with Gasteiger partial charge in [-0.1, -0.05) is 24.5 Å². The highest BCUT2D eigenvalue weighted by atomic mass is 31.2. The van der Waals surface area contributed by atoms with Crippen LogP contribution in [0.3, 0.4) is 0 Å². The van der Waals surface area contributed by atoms with E-state index in [1.165, 1.54) is 0 Å². The molecule has 0 spiro atoms. The van der Waals surface area contributed by atoms with E-state index in [0.717, 1.165) is 5.56 Å². The summed E-state index contributed by atoms with van der Waals surface area (Å²) in [4.78, 5) is 0. The van der Waals surface area contributed by atoms with Crippen LogP contribution >= 0.6 is 7.60 Å². The van der Waals surface area contributed by atoms with E-state index in [1.807, 2.05) is 18.2 Å². The first-order valence-corrected chi connectivity index (χ1v) is 6.75. The van der Waals surface area contributed by atoms with Crippen molar-refractivity contribution in [2.75, 3.05) is 13.0 Å². The Morgan fingerprint density at radius 2 is 2.25 bits per heavy atom. The fraction of sp³-hybridized carbons (Fsp3) is 0.400. The zero-order valence-electron chi connectivity index (χ0n) is 8.80. The number of hydrogen-bond donors (Lipinski definition) is 0. The number of para-hydroxylation sites is 1. The fourth-order valence-corrected chi connectivity index (χ4v) is 2.73. The molecule has 0 bridgehead atoms. The van der Waals surface area contributed by atoms with Gasteiger partial charge in [0.1, 0.15) is 5.75 Å². The van der Waals surface area contributed by atoms with Crippen LogP contribution in [0.4, 0.5) is 0 Å². The number of rotatable bonds is 4. The Hall–Kier alpha value is -0.765. The summed E-state index contributed by atoms with van der Waals surface area (Å²) < 4.78 is 27.7. The molecular formula is C10H12BO4P. The normalized spacial score (nSPS) is 23.5. The summed E-state index contributed by atoms with van der Waals surface area (Å²) in [6.45, 7) is 0.637. The standard InChI is InChI=1S/C10H12BO4P/c11-5-6-13-8-16(12)14-7-9-3-1-2-4-10(9)15-16/h1-4H,5-8H2. The first kappa shape index (κ1) is 11.7. The number of benzene rings is 1. The average molecular weight is 238 g/mol. The minimum Gasteiger partial charge on any atom is -0.422 e. The molecule has 16 heavy (non-hydrogen) atoms. The van der Waals surface area contributed by atoms with Gasteiger partial charge in [0.15, 0.2) is 6.35 Å². The van der Waals surface area contributed by atoms with Crippen molar-refractivity contribution in [3.63, 3.8) is 0 Å². The van der Waals surface area contributed by atoms with E-state index in [4.69, 9.17) is 21.6 Å². The maximum atomic E-state index is 12.1. The highest BCUT2D eigenvalue weighted by Crippen LogP contribution is 2.53. The van der Waals surface area contributed by atoms with Crippen LogP contribution in [0.5, 0.6) is 5.75 Å². The van der Waals surface area contributed by atoms with Crippen LogP contribution in [0.15, 0.2) is 24.3 Å². The van der Waals surface area contributed by atoms with Gasteiger partial charge in [-0.3, -0.25) is 4.52 Å². The topological polar surface area (TPSA) is 44.8 Å². The van der Waals surface area contributed by atoms with E-state index < -0.39 is 7.60 Å². The van der Waals surface area contributed by atoms with Crippen LogP contribution in [-0.4, -0.2) is 20.8 Å². The van der Waals surface area contributed by atoms with Crippen LogP contribution in [0.1, 0.15) is 5.56 Å². The van der Waals surface area contributed by atoms with Gasteiger partial charge in [0.05, 0.1) is 14.5 Å². The van der Waals surface area contributed by atoms with E-state index in [9.17, 15) is 4.57 Å². The third-order valence-corrected chi connectivity index (χ3v) is 3.63. The molecule has 84 valence electrons. The van der Waals surface area contributed by atoms with Gasteiger partial charge < -0.3 is 9.26 Å². The summed E-state index contributed by atoms with van der Waals surface area (Å²) in [6, 6.07) is 7.36. The predicted molar refractivity (Wildman–Crippen MR) is 60.8 cm³/mol. The monoisotopic (exact) mass is 238 g/mol. The molecule has 1 aromatic carbocycles. The van der Waals surface area contributed by atoms with E-state index in [0.29, 0.717) is 25.3 Å². The Morgan fingerprint density at radius 1 is 1.44 bits per heavy atom. The molecule has 1 aliphatic rings. The molecule has 1 heterocycles. The Morgan fingerprint density at radius 3 is 3.06 bits per heavy atom. The average Bonchev–Trinajstić information content (AvgIpc) is 2.29. The summed E-state index contributed by atoms with van der Waals surface area (Å²) in [5, 5.41) is 0. The van der Waals surface area contributed by atoms with Crippen molar-refractivity contribution in [1.29, 1.82) is 0 Å². The summed E-state index contributed by atoms with van der Waals surface area (Å²) in [6.07, 6.45) is 0.328. The van der Waals surface area contributed by atoms with Crippen molar-refractivity contribution < 1.29 is 18.3 Å². The second kappa shape index (κ2) is 5.04. The summed E-state index contributed by atoms with van der Waals surface area (Å²) >= 11 is 0. The molecular weight excluding hydrogens is 226 g/mol. The third-order valence-electron chi connectivity index (χ3n) is 2.14. The second-order valence-corrected chi connectivity index (χ2v) is 5.33. The van der Waals surface area contributed by atoms with Gasteiger partial charge in [0.25, 0.3) is 0 Å². The molecule has 1 aromatic rings. The molecule has 0 N–H and O–H groups in total. The zero-order chi connectivity index (χ0) is 11.4. The van der Waals surface area contributed by atoms with Crippen molar-refractivity contribution in [1.82, 2.24) is 0 Å². The van der Waals surface area contributed by atoms with E-state index in [-0.39, 0.29) is 6.35 Å². The van der Waals surface area contributed by atoms with Crippen LogP contribution in [0.25, 0.3) is 0 Å². The second-order valence-electron chi connectivity index (χ2n) is 3.41. The van der Waals surface area contributed by atoms with Gasteiger partial charge in [0, 0.05) is 12.2 Å². The maximum absolute atomic E-state index is 12.1. The Balaban J connectivity index is 2.03. The molecule has 2 radical (unpaired) electrons. The van der Waals surface area contributed by atoms with Crippen molar-refractivity contribution >= 4 is 15.4 Å². The van der Waals surface area contributed by atoms with Crippen LogP contribution < -0.4 is 4.52 Å². The van der Waals surface area contributed by atoms with E-state index in [1.54, 1.807) is 6.07 Å². The molecule has 0 aromatic heterocycles. The molecule has 0 amide bonds. The summed E-state index contributed by atoms with van der Waals surface area (Å²) in [5.41, 5.74) is 0.896. The number of ether oxygens (including phenoxy) is 1. The Labute approximate surface area is 95.8 Å². The molecule has 2 rings (SSSR count). The van der Waals surface area contributed by atoms with Crippen LogP contribution in [0, 0.1) is 0 Å². The lowest BCUT2D eigenvalue weighted by atomic mass is 10.1.